The second-order valence-corrected chi connectivity index (χ2v) is 4.56. The number of aryl methyl sites for hydroxylation is 1. The van der Waals surface area contributed by atoms with Crippen molar-refractivity contribution in [3.8, 4) is 0 Å². The van der Waals surface area contributed by atoms with E-state index in [4.69, 9.17) is 11.6 Å². The first kappa shape index (κ1) is 13.0. The number of rotatable bonds is 3. The molecule has 2 rings (SSSR count). The molecule has 1 heterocycles. The maximum Gasteiger partial charge on any atom is 0.129 e. The van der Waals surface area contributed by atoms with E-state index in [1.54, 1.807) is 31.6 Å². The summed E-state index contributed by atoms with van der Waals surface area (Å²) < 4.78 is 13.9. The monoisotopic (exact) mass is 264 g/mol. The van der Waals surface area contributed by atoms with Gasteiger partial charge in [-0.2, -0.15) is 0 Å². The van der Waals surface area contributed by atoms with E-state index in [0.717, 1.165) is 11.1 Å². The Morgan fingerprint density at radius 1 is 1.33 bits per heavy atom. The van der Waals surface area contributed by atoms with Crippen molar-refractivity contribution in [3.05, 3.63) is 64.2 Å². The predicted molar refractivity (Wildman–Crippen MR) is 71.3 cm³/mol. The van der Waals surface area contributed by atoms with Gasteiger partial charge in [-0.05, 0) is 37.2 Å². The third kappa shape index (κ3) is 2.52. The topological polar surface area (TPSA) is 24.9 Å². The standard InChI is InChI=1S/C14H14ClFN2/c1-9-6-10(8-18-7-9)14(17-2)13-11(15)4-3-5-12(13)16/h3-8,14,17H,1-2H3. The summed E-state index contributed by atoms with van der Waals surface area (Å²) in [5, 5.41) is 3.49. The van der Waals surface area contributed by atoms with E-state index in [2.05, 4.69) is 10.3 Å². The Morgan fingerprint density at radius 2 is 2.11 bits per heavy atom. The summed E-state index contributed by atoms with van der Waals surface area (Å²) in [5.74, 6) is -0.316. The largest absolute Gasteiger partial charge is 0.309 e. The van der Waals surface area contributed by atoms with Crippen molar-refractivity contribution in [1.29, 1.82) is 0 Å². The smallest absolute Gasteiger partial charge is 0.129 e. The van der Waals surface area contributed by atoms with Gasteiger partial charge in [-0.25, -0.2) is 4.39 Å². The fourth-order valence-electron chi connectivity index (χ4n) is 2.00. The number of hydrogen-bond donors (Lipinski definition) is 1. The van der Waals surface area contributed by atoms with Crippen molar-refractivity contribution in [2.45, 2.75) is 13.0 Å². The SMILES string of the molecule is CNC(c1cncc(C)c1)c1c(F)cccc1Cl. The fourth-order valence-corrected chi connectivity index (χ4v) is 2.27. The highest BCUT2D eigenvalue weighted by Gasteiger charge is 2.19. The second kappa shape index (κ2) is 5.46. The lowest BCUT2D eigenvalue weighted by Crippen LogP contribution is -2.19. The number of nitrogens with one attached hydrogen (secondary N) is 1. The van der Waals surface area contributed by atoms with Gasteiger partial charge in [-0.15, -0.1) is 0 Å². The Kier molecular flexibility index (Phi) is 3.94. The van der Waals surface area contributed by atoms with Crippen LogP contribution in [0.5, 0.6) is 0 Å². The number of aromatic nitrogens is 1. The first-order valence-corrected chi connectivity index (χ1v) is 6.04. The van der Waals surface area contributed by atoms with Crippen LogP contribution < -0.4 is 5.32 Å². The van der Waals surface area contributed by atoms with Crippen LogP contribution in [0.25, 0.3) is 0 Å². The molecule has 0 amide bonds. The van der Waals surface area contributed by atoms with Crippen molar-refractivity contribution >= 4 is 11.6 Å². The Bertz CT molecular complexity index is 537. The van der Waals surface area contributed by atoms with Crippen molar-refractivity contribution in [3.63, 3.8) is 0 Å². The van der Waals surface area contributed by atoms with Crippen LogP contribution in [0.3, 0.4) is 0 Å². The Balaban J connectivity index is 2.52. The van der Waals surface area contributed by atoms with Crippen LogP contribution in [0.15, 0.2) is 36.7 Å². The molecule has 0 bridgehead atoms. The summed E-state index contributed by atoms with van der Waals surface area (Å²) in [5.41, 5.74) is 2.37. The van der Waals surface area contributed by atoms with E-state index in [0.29, 0.717) is 10.6 Å². The summed E-state index contributed by atoms with van der Waals surface area (Å²) in [6.07, 6.45) is 3.48. The second-order valence-electron chi connectivity index (χ2n) is 4.15. The third-order valence-electron chi connectivity index (χ3n) is 2.81. The lowest BCUT2D eigenvalue weighted by atomic mass is 9.99. The summed E-state index contributed by atoms with van der Waals surface area (Å²) in [7, 11) is 1.77. The molecule has 0 spiro atoms. The van der Waals surface area contributed by atoms with Gasteiger partial charge in [0, 0.05) is 23.0 Å². The molecule has 4 heteroatoms. The van der Waals surface area contributed by atoms with Gasteiger partial charge in [0.05, 0.1) is 6.04 Å². The zero-order chi connectivity index (χ0) is 13.1. The van der Waals surface area contributed by atoms with Gasteiger partial charge in [0.2, 0.25) is 0 Å². The lowest BCUT2D eigenvalue weighted by Gasteiger charge is -2.19. The number of halogens is 2. The molecule has 1 aromatic heterocycles. The molecule has 18 heavy (non-hydrogen) atoms. The summed E-state index contributed by atoms with van der Waals surface area (Å²) >= 11 is 6.09. The van der Waals surface area contributed by atoms with E-state index < -0.39 is 0 Å². The van der Waals surface area contributed by atoms with E-state index in [-0.39, 0.29) is 11.9 Å². The Labute approximate surface area is 111 Å². The Hall–Kier alpha value is -1.45. The number of nitrogens with zero attached hydrogens (tertiary/aromatic N) is 1. The van der Waals surface area contributed by atoms with E-state index in [1.807, 2.05) is 13.0 Å². The highest BCUT2D eigenvalue weighted by atomic mass is 35.5. The van der Waals surface area contributed by atoms with Crippen molar-refractivity contribution < 1.29 is 4.39 Å². The van der Waals surface area contributed by atoms with E-state index >= 15 is 0 Å². The van der Waals surface area contributed by atoms with Crippen LogP contribution in [0.2, 0.25) is 5.02 Å². The Morgan fingerprint density at radius 3 is 2.72 bits per heavy atom. The van der Waals surface area contributed by atoms with Crippen LogP contribution in [0.1, 0.15) is 22.7 Å². The molecule has 2 aromatic rings. The molecule has 1 atom stereocenters. The quantitative estimate of drug-likeness (QED) is 0.918. The van der Waals surface area contributed by atoms with Crippen molar-refractivity contribution in [1.82, 2.24) is 10.3 Å². The van der Waals surface area contributed by atoms with Crippen LogP contribution in [0.4, 0.5) is 4.39 Å². The van der Waals surface area contributed by atoms with Gasteiger partial charge in [-0.1, -0.05) is 23.7 Å². The first-order valence-electron chi connectivity index (χ1n) is 5.66. The van der Waals surface area contributed by atoms with Crippen LogP contribution in [0, 0.1) is 12.7 Å². The van der Waals surface area contributed by atoms with Gasteiger partial charge >= 0.3 is 0 Å². The lowest BCUT2D eigenvalue weighted by molar-refractivity contribution is 0.575. The van der Waals surface area contributed by atoms with Crippen molar-refractivity contribution in [2.24, 2.45) is 0 Å². The average molecular weight is 265 g/mol. The van der Waals surface area contributed by atoms with Crippen LogP contribution in [-0.4, -0.2) is 12.0 Å². The molecular weight excluding hydrogens is 251 g/mol. The minimum Gasteiger partial charge on any atom is -0.309 e. The molecule has 2 nitrogen and oxygen atoms in total. The zero-order valence-electron chi connectivity index (χ0n) is 10.2. The molecule has 0 saturated heterocycles. The van der Waals surface area contributed by atoms with E-state index in [9.17, 15) is 4.39 Å². The van der Waals surface area contributed by atoms with Gasteiger partial charge in [0.25, 0.3) is 0 Å². The van der Waals surface area contributed by atoms with Gasteiger partial charge < -0.3 is 5.32 Å². The third-order valence-corrected chi connectivity index (χ3v) is 3.14. The van der Waals surface area contributed by atoms with Gasteiger partial charge in [0.15, 0.2) is 0 Å². The fraction of sp³-hybridized carbons (Fsp3) is 0.214. The highest BCUT2D eigenvalue weighted by molar-refractivity contribution is 6.31. The normalized spacial score (nSPS) is 12.4. The highest BCUT2D eigenvalue weighted by Crippen LogP contribution is 2.30. The summed E-state index contributed by atoms with van der Waals surface area (Å²) in [4.78, 5) is 4.13. The van der Waals surface area contributed by atoms with E-state index in [1.165, 1.54) is 6.07 Å². The average Bonchev–Trinajstić information content (AvgIpc) is 2.34. The molecule has 0 aliphatic heterocycles. The molecule has 94 valence electrons. The molecule has 0 aliphatic rings. The molecule has 1 N–H and O–H groups in total. The summed E-state index contributed by atoms with van der Waals surface area (Å²) in [6.45, 7) is 1.95. The minimum absolute atomic E-state index is 0.300. The predicted octanol–water partition coefficient (Wildman–Crippen LogP) is 3.49. The summed E-state index contributed by atoms with van der Waals surface area (Å²) in [6, 6.07) is 6.37. The molecule has 1 aromatic carbocycles. The molecule has 0 aliphatic carbocycles. The minimum atomic E-state index is -0.316. The molecule has 0 radical (unpaired) electrons. The first-order chi connectivity index (χ1) is 8.63. The van der Waals surface area contributed by atoms with Crippen molar-refractivity contribution in [2.75, 3.05) is 7.05 Å². The maximum absolute atomic E-state index is 13.9. The number of hydrogen-bond acceptors (Lipinski definition) is 2. The molecule has 0 fully saturated rings. The van der Waals surface area contributed by atoms with Gasteiger partial charge in [-0.3, -0.25) is 4.98 Å². The van der Waals surface area contributed by atoms with Crippen LogP contribution in [-0.2, 0) is 0 Å². The maximum atomic E-state index is 13.9. The van der Waals surface area contributed by atoms with Crippen LogP contribution >= 0.6 is 11.6 Å². The number of benzene rings is 1. The molecule has 0 saturated carbocycles. The number of pyridine rings is 1. The van der Waals surface area contributed by atoms with Gasteiger partial charge in [0.1, 0.15) is 5.82 Å². The zero-order valence-corrected chi connectivity index (χ0v) is 11.0. The molecule has 1 unspecified atom stereocenters. The molecular formula is C14H14ClFN2.